The fourth-order valence-corrected chi connectivity index (χ4v) is 4.16. The molecule has 134 valence electrons. The number of rotatable bonds is 7. The van der Waals surface area contributed by atoms with Gasteiger partial charge < -0.3 is 10.2 Å². The zero-order chi connectivity index (χ0) is 17.4. The molecule has 1 saturated heterocycles. The Hall–Kier alpha value is -1.25. The van der Waals surface area contributed by atoms with E-state index < -0.39 is 10.0 Å². The van der Waals surface area contributed by atoms with E-state index in [1.807, 2.05) is 17.8 Å². The predicted molar refractivity (Wildman–Crippen MR) is 101 cm³/mol. The number of guanidine groups is 1. The highest BCUT2D eigenvalue weighted by Crippen LogP contribution is 2.25. The summed E-state index contributed by atoms with van der Waals surface area (Å²) in [6.45, 7) is 2.86. The van der Waals surface area contributed by atoms with Crippen molar-refractivity contribution in [2.24, 2.45) is 10.9 Å². The van der Waals surface area contributed by atoms with Gasteiger partial charge in [-0.2, -0.15) is 0 Å². The maximum absolute atomic E-state index is 11.1. The van der Waals surface area contributed by atoms with Gasteiger partial charge in [0.25, 0.3) is 0 Å². The molecular weight excluding hydrogens is 344 g/mol. The maximum atomic E-state index is 11.1. The van der Waals surface area contributed by atoms with Crippen LogP contribution in [0.3, 0.4) is 0 Å². The van der Waals surface area contributed by atoms with Gasteiger partial charge in [0.05, 0.1) is 6.26 Å². The molecule has 2 rings (SSSR count). The minimum Gasteiger partial charge on any atom is -0.355 e. The van der Waals surface area contributed by atoms with Crippen LogP contribution in [0.5, 0.6) is 0 Å². The van der Waals surface area contributed by atoms with Crippen LogP contribution in [0.2, 0.25) is 0 Å². The molecule has 0 aromatic heterocycles. The molecule has 8 heteroatoms. The third-order valence-electron chi connectivity index (χ3n) is 3.80. The molecule has 2 N–H and O–H groups in total. The molecule has 0 spiro atoms. The molecule has 1 unspecified atom stereocenters. The van der Waals surface area contributed by atoms with Crippen LogP contribution in [0.1, 0.15) is 6.42 Å². The van der Waals surface area contributed by atoms with E-state index in [9.17, 15) is 8.42 Å². The molecule has 1 aliphatic rings. The molecule has 6 nitrogen and oxygen atoms in total. The van der Waals surface area contributed by atoms with Crippen LogP contribution in [0.25, 0.3) is 0 Å². The van der Waals surface area contributed by atoms with Crippen LogP contribution < -0.4 is 10.0 Å². The van der Waals surface area contributed by atoms with Gasteiger partial charge in [0.2, 0.25) is 10.0 Å². The number of sulfonamides is 1. The van der Waals surface area contributed by atoms with Crippen molar-refractivity contribution >= 4 is 27.7 Å². The van der Waals surface area contributed by atoms with Crippen molar-refractivity contribution in [2.45, 2.75) is 11.3 Å². The number of thioether (sulfide) groups is 1. The first-order valence-corrected chi connectivity index (χ1v) is 10.9. The third-order valence-corrected chi connectivity index (χ3v) is 5.77. The number of aliphatic imine (C=N–C) groups is 1. The first-order chi connectivity index (χ1) is 11.5. The van der Waals surface area contributed by atoms with Gasteiger partial charge in [0.15, 0.2) is 5.96 Å². The molecule has 1 aromatic carbocycles. The van der Waals surface area contributed by atoms with Crippen LogP contribution >= 0.6 is 11.8 Å². The summed E-state index contributed by atoms with van der Waals surface area (Å²) in [7, 11) is -1.37. The summed E-state index contributed by atoms with van der Waals surface area (Å²) in [4.78, 5) is 7.86. The predicted octanol–water partition coefficient (Wildman–Crippen LogP) is 1.23. The highest BCUT2D eigenvalue weighted by Gasteiger charge is 2.24. The molecule has 1 aromatic rings. The Morgan fingerprint density at radius 1 is 1.33 bits per heavy atom. The third kappa shape index (κ3) is 6.70. The molecule has 1 fully saturated rings. The van der Waals surface area contributed by atoms with Gasteiger partial charge >= 0.3 is 0 Å². The minimum absolute atomic E-state index is 0.360. The molecule has 0 amide bonds. The summed E-state index contributed by atoms with van der Waals surface area (Å²) < 4.78 is 24.6. The number of likely N-dealkylation sites (tertiary alicyclic amines) is 1. The summed E-state index contributed by atoms with van der Waals surface area (Å²) >= 11 is 1.90. The average molecular weight is 371 g/mol. The van der Waals surface area contributed by atoms with E-state index in [0.717, 1.165) is 37.5 Å². The number of hydrogen-bond acceptors (Lipinski definition) is 4. The van der Waals surface area contributed by atoms with E-state index in [1.54, 1.807) is 7.05 Å². The molecule has 1 atom stereocenters. The van der Waals surface area contributed by atoms with Crippen molar-refractivity contribution in [2.75, 3.05) is 45.2 Å². The topological polar surface area (TPSA) is 73.8 Å². The van der Waals surface area contributed by atoms with Crippen LogP contribution in [0, 0.1) is 5.92 Å². The van der Waals surface area contributed by atoms with Gasteiger partial charge in [-0.3, -0.25) is 4.99 Å². The van der Waals surface area contributed by atoms with Crippen molar-refractivity contribution in [3.05, 3.63) is 30.3 Å². The van der Waals surface area contributed by atoms with E-state index in [1.165, 1.54) is 4.90 Å². The standard InChI is InChI=1S/C16H26N4O2S2/c1-17-16(18-9-10-19-24(2,21)22)20-11-8-14(12-20)13-23-15-6-4-3-5-7-15/h3-7,14,19H,8-13H2,1-2H3,(H,17,18). The molecule has 0 saturated carbocycles. The van der Waals surface area contributed by atoms with Gasteiger partial charge in [-0.1, -0.05) is 18.2 Å². The monoisotopic (exact) mass is 370 g/mol. The summed E-state index contributed by atoms with van der Waals surface area (Å²) in [5, 5.41) is 3.22. The summed E-state index contributed by atoms with van der Waals surface area (Å²) in [6.07, 6.45) is 2.32. The summed E-state index contributed by atoms with van der Waals surface area (Å²) in [5.74, 6) is 2.59. The minimum atomic E-state index is -3.14. The van der Waals surface area contributed by atoms with E-state index in [0.29, 0.717) is 19.0 Å². The molecule has 0 bridgehead atoms. The Morgan fingerprint density at radius 3 is 2.75 bits per heavy atom. The second-order valence-electron chi connectivity index (χ2n) is 5.87. The lowest BCUT2D eigenvalue weighted by Crippen LogP contribution is -2.43. The Balaban J connectivity index is 1.72. The maximum Gasteiger partial charge on any atom is 0.208 e. The molecule has 0 radical (unpaired) electrons. The normalized spacial score (nSPS) is 18.8. The van der Waals surface area contributed by atoms with E-state index in [2.05, 4.69) is 44.2 Å². The van der Waals surface area contributed by atoms with Crippen molar-refractivity contribution in [3.63, 3.8) is 0 Å². The molecule has 1 heterocycles. The lowest BCUT2D eigenvalue weighted by atomic mass is 10.2. The highest BCUT2D eigenvalue weighted by molar-refractivity contribution is 7.99. The van der Waals surface area contributed by atoms with Crippen LogP contribution in [-0.4, -0.2) is 64.5 Å². The second kappa shape index (κ2) is 9.29. The van der Waals surface area contributed by atoms with Crippen LogP contribution in [0.4, 0.5) is 0 Å². The fourth-order valence-electron chi connectivity index (χ4n) is 2.63. The highest BCUT2D eigenvalue weighted by atomic mass is 32.2. The SMILES string of the molecule is CN=C(NCCNS(C)(=O)=O)N1CCC(CSc2ccccc2)C1. The molecular formula is C16H26N4O2S2. The number of hydrogen-bond donors (Lipinski definition) is 2. The van der Waals surface area contributed by atoms with Gasteiger partial charge in [-0.05, 0) is 24.5 Å². The molecule has 1 aliphatic heterocycles. The van der Waals surface area contributed by atoms with Crippen molar-refractivity contribution in [1.29, 1.82) is 0 Å². The molecule has 24 heavy (non-hydrogen) atoms. The lowest BCUT2D eigenvalue weighted by molar-refractivity contribution is 0.474. The fraction of sp³-hybridized carbons (Fsp3) is 0.562. The average Bonchev–Trinajstić information content (AvgIpc) is 3.02. The van der Waals surface area contributed by atoms with Gasteiger partial charge in [0.1, 0.15) is 0 Å². The number of nitrogens with one attached hydrogen (secondary N) is 2. The summed E-state index contributed by atoms with van der Waals surface area (Å²) in [5.41, 5.74) is 0. The number of nitrogens with zero attached hydrogens (tertiary/aromatic N) is 2. The Morgan fingerprint density at radius 2 is 2.08 bits per heavy atom. The Kier molecular flexibility index (Phi) is 7.39. The smallest absolute Gasteiger partial charge is 0.208 e. The molecule has 0 aliphatic carbocycles. The van der Waals surface area contributed by atoms with Gasteiger partial charge in [-0.25, -0.2) is 13.1 Å². The van der Waals surface area contributed by atoms with E-state index >= 15 is 0 Å². The quantitative estimate of drug-likeness (QED) is 0.327. The zero-order valence-electron chi connectivity index (χ0n) is 14.2. The van der Waals surface area contributed by atoms with Gasteiger partial charge in [0, 0.05) is 43.9 Å². The van der Waals surface area contributed by atoms with Crippen molar-refractivity contribution in [3.8, 4) is 0 Å². The zero-order valence-corrected chi connectivity index (χ0v) is 15.9. The van der Waals surface area contributed by atoms with Crippen molar-refractivity contribution < 1.29 is 8.42 Å². The Bertz CT molecular complexity index is 635. The van der Waals surface area contributed by atoms with Gasteiger partial charge in [-0.15, -0.1) is 11.8 Å². The first-order valence-electron chi connectivity index (χ1n) is 8.06. The van der Waals surface area contributed by atoms with Crippen LogP contribution in [-0.2, 0) is 10.0 Å². The lowest BCUT2D eigenvalue weighted by Gasteiger charge is -2.21. The first kappa shape index (κ1) is 19.1. The second-order valence-corrected chi connectivity index (χ2v) is 8.79. The summed E-state index contributed by atoms with van der Waals surface area (Å²) in [6, 6.07) is 10.5. The van der Waals surface area contributed by atoms with E-state index in [-0.39, 0.29) is 0 Å². The number of benzene rings is 1. The Labute approximate surface area is 149 Å². The van der Waals surface area contributed by atoms with E-state index in [4.69, 9.17) is 0 Å². The largest absolute Gasteiger partial charge is 0.355 e. The van der Waals surface area contributed by atoms with Crippen LogP contribution in [0.15, 0.2) is 40.2 Å². The van der Waals surface area contributed by atoms with Crippen molar-refractivity contribution in [1.82, 2.24) is 14.9 Å².